The molecule has 0 heterocycles. The maximum atomic E-state index is 11.6. The minimum atomic E-state index is 0.448. The van der Waals surface area contributed by atoms with Crippen LogP contribution in [0.4, 0.5) is 0 Å². The van der Waals surface area contributed by atoms with Gasteiger partial charge in [0, 0.05) is 0 Å². The lowest BCUT2D eigenvalue weighted by molar-refractivity contribution is 0.118. The first-order chi connectivity index (χ1) is 72.0. The highest BCUT2D eigenvalue weighted by Crippen LogP contribution is 2.52. The monoisotopic (exact) mass is 2080 g/mol. The Hall–Kier alpha value is -0.980. The zero-order valence-electron chi connectivity index (χ0n) is 110. The molecular formula is C148H290O. The predicted octanol–water partition coefficient (Wildman–Crippen LogP) is 51.8. The molecule has 0 saturated carbocycles. The summed E-state index contributed by atoms with van der Waals surface area (Å²) in [6.07, 6.45) is 99.0. The molecule has 0 bridgehead atoms. The lowest BCUT2D eigenvalue weighted by Crippen LogP contribution is -2.28. The van der Waals surface area contributed by atoms with Crippen LogP contribution in [0.5, 0.6) is 5.75 Å². The lowest BCUT2D eigenvalue weighted by atomic mass is 9.66. The van der Waals surface area contributed by atoms with Crippen molar-refractivity contribution in [2.45, 2.75) is 711 Å². The van der Waals surface area contributed by atoms with Gasteiger partial charge < -0.3 is 5.11 Å². The maximum Gasteiger partial charge on any atom is 0.115 e. The summed E-state index contributed by atoms with van der Waals surface area (Å²) in [6, 6.07) is 9.18. The fourth-order valence-electron chi connectivity index (χ4n) is 33.1. The highest BCUT2D eigenvalue weighted by molar-refractivity contribution is 5.28. The molecule has 0 aliphatic carbocycles. The second-order valence-corrected chi connectivity index (χ2v) is 54.8. The molecule has 888 valence electrons. The topological polar surface area (TPSA) is 20.2 Å². The minimum absolute atomic E-state index is 0.448. The number of phenolic OH excluding ortho intramolecular Hbond substituents is 1. The van der Waals surface area contributed by atoms with E-state index in [1.54, 1.807) is 0 Å². The number of rotatable bonds is 106. The Morgan fingerprint density at radius 1 is 0.114 bits per heavy atom. The van der Waals surface area contributed by atoms with Crippen molar-refractivity contribution >= 4 is 0 Å². The molecule has 1 nitrogen and oxygen atoms in total. The molecule has 0 amide bonds. The molecule has 0 aliphatic rings. The summed E-state index contributed by atoms with van der Waals surface area (Å²) < 4.78 is 0. The van der Waals surface area contributed by atoms with E-state index < -0.39 is 0 Å². The molecular weight excluding hydrogens is 1790 g/mol. The highest BCUT2D eigenvalue weighted by atomic mass is 16.3. The smallest absolute Gasteiger partial charge is 0.115 e. The van der Waals surface area contributed by atoms with Crippen LogP contribution in [0.25, 0.3) is 0 Å². The van der Waals surface area contributed by atoms with Crippen molar-refractivity contribution in [3.8, 4) is 5.75 Å². The van der Waals surface area contributed by atoms with Gasteiger partial charge in [-0.25, -0.2) is 0 Å². The Kier molecular flexibility index (Phi) is 89.7. The number of aromatic hydroxyl groups is 1. The SMILES string of the molecule is CCCC(CC)CC(CC)CC(CC(CC(CC)CC)CC(CC)CC)CC(CC(CC(CC)CC)CC(CC)CC)CC(CC(CC(CC(CC)CC)CC(CC)CC)CC(CC(CC)CC)CC(CC)CC)CC(CC(CC(CC(CC(CC)CC)CC(CC)CC)CC(CC(CC)CC)CC(CC)CC)CC(CC(CC(CC)CC)CC(CC)CC)CC(CC(CC)CC)CC(CC)CC)CC(CC)c1ccc(O)cc1. The van der Waals surface area contributed by atoms with Crippen molar-refractivity contribution in [2.75, 3.05) is 0 Å². The van der Waals surface area contributed by atoms with Crippen LogP contribution in [0.3, 0.4) is 0 Å². The summed E-state index contributed by atoms with van der Waals surface area (Å²) in [4.78, 5) is 0. The molecule has 0 saturated heterocycles. The molecule has 1 rings (SSSR count). The van der Waals surface area contributed by atoms with Crippen molar-refractivity contribution in [1.29, 1.82) is 0 Å². The first-order valence-corrected chi connectivity index (χ1v) is 70.7. The molecule has 1 aromatic rings. The molecule has 0 radical (unpaired) electrons. The van der Waals surface area contributed by atoms with Gasteiger partial charge in [0.15, 0.2) is 0 Å². The lowest BCUT2D eigenvalue weighted by Gasteiger charge is -2.40. The number of hydrogen-bond donors (Lipinski definition) is 1. The van der Waals surface area contributed by atoms with Crippen molar-refractivity contribution < 1.29 is 5.11 Å². The van der Waals surface area contributed by atoms with E-state index in [9.17, 15) is 5.11 Å². The molecule has 1 N–H and O–H groups in total. The normalized spacial score (nSPS) is 14.5. The Morgan fingerprint density at radius 3 is 0.322 bits per heavy atom. The van der Waals surface area contributed by atoms with Crippen LogP contribution in [-0.2, 0) is 0 Å². The zero-order valence-corrected chi connectivity index (χ0v) is 110. The molecule has 1 heteroatoms. The number of phenols is 1. The van der Waals surface area contributed by atoms with E-state index in [1.165, 1.54) is 461 Å². The molecule has 7 atom stereocenters. The number of benzene rings is 1. The van der Waals surface area contributed by atoms with Crippen LogP contribution in [0, 0.1) is 201 Å². The third-order valence-electron chi connectivity index (χ3n) is 44.8. The van der Waals surface area contributed by atoms with Crippen LogP contribution < -0.4 is 0 Å². The van der Waals surface area contributed by atoms with E-state index in [0.29, 0.717) is 29.4 Å². The highest BCUT2D eigenvalue weighted by Gasteiger charge is 2.40. The van der Waals surface area contributed by atoms with Gasteiger partial charge in [-0.15, -0.1) is 0 Å². The molecule has 0 aliphatic heterocycles. The fraction of sp³-hybridized carbons (Fsp3) is 0.959. The predicted molar refractivity (Wildman–Crippen MR) is 682 cm³/mol. The van der Waals surface area contributed by atoms with E-state index >= 15 is 0 Å². The van der Waals surface area contributed by atoms with Gasteiger partial charge >= 0.3 is 0 Å². The van der Waals surface area contributed by atoms with Crippen LogP contribution in [0.15, 0.2) is 24.3 Å². The van der Waals surface area contributed by atoms with E-state index in [-0.39, 0.29) is 0 Å². The first kappa shape index (κ1) is 146. The Labute approximate surface area is 946 Å². The van der Waals surface area contributed by atoms with Crippen LogP contribution in [-0.4, -0.2) is 5.11 Å². The van der Waals surface area contributed by atoms with Gasteiger partial charge in [-0.3, -0.25) is 0 Å². The quantitative estimate of drug-likeness (QED) is 0.0689. The fourth-order valence-corrected chi connectivity index (χ4v) is 33.1. The van der Waals surface area contributed by atoms with E-state index in [0.717, 1.165) is 183 Å². The Balaban J connectivity index is 6.32. The maximum absolute atomic E-state index is 11.6. The third-order valence-corrected chi connectivity index (χ3v) is 44.8. The molecule has 0 aromatic heterocycles. The summed E-state index contributed by atoms with van der Waals surface area (Å²) in [7, 11) is 0. The average Bonchev–Trinajstić information content (AvgIpc) is 0.834. The second-order valence-electron chi connectivity index (χ2n) is 54.8. The molecule has 0 fully saturated rings. The van der Waals surface area contributed by atoms with Gasteiger partial charge in [0.2, 0.25) is 0 Å². The average molecular weight is 2090 g/mol. The van der Waals surface area contributed by atoms with Gasteiger partial charge in [0.1, 0.15) is 5.75 Å². The van der Waals surface area contributed by atoms with Gasteiger partial charge in [-0.1, -0.05) is 493 Å². The summed E-state index contributed by atoms with van der Waals surface area (Å²) >= 11 is 0. The van der Waals surface area contributed by atoms with Gasteiger partial charge in [-0.05, 0) is 450 Å². The third kappa shape index (κ3) is 62.7. The molecule has 7 unspecified atom stereocenters. The Morgan fingerprint density at radius 2 is 0.215 bits per heavy atom. The summed E-state index contributed by atoms with van der Waals surface area (Å²) in [6.45, 7) is 93.5. The van der Waals surface area contributed by atoms with Crippen molar-refractivity contribution in [3.05, 3.63) is 29.8 Å². The summed E-state index contributed by atoms with van der Waals surface area (Å²) in [5, 5.41) is 11.6. The van der Waals surface area contributed by atoms with Crippen molar-refractivity contribution in [2.24, 2.45) is 201 Å². The first-order valence-electron chi connectivity index (χ1n) is 70.7. The molecule has 0 spiro atoms. The van der Waals surface area contributed by atoms with Gasteiger partial charge in [-0.2, -0.15) is 0 Å². The van der Waals surface area contributed by atoms with Crippen LogP contribution in [0.1, 0.15) is 717 Å². The largest absolute Gasteiger partial charge is 0.508 e. The minimum Gasteiger partial charge on any atom is -0.508 e. The number of hydrogen-bond acceptors (Lipinski definition) is 1. The zero-order chi connectivity index (χ0) is 111. The van der Waals surface area contributed by atoms with E-state index in [2.05, 4.69) is 274 Å². The Bertz CT molecular complexity index is 2640. The van der Waals surface area contributed by atoms with Crippen molar-refractivity contribution in [1.82, 2.24) is 0 Å². The van der Waals surface area contributed by atoms with Crippen molar-refractivity contribution in [3.63, 3.8) is 0 Å². The molecule has 149 heavy (non-hydrogen) atoms. The van der Waals surface area contributed by atoms with Gasteiger partial charge in [0.05, 0.1) is 0 Å². The molecule has 1 aromatic carbocycles. The van der Waals surface area contributed by atoms with E-state index in [1.807, 2.05) is 0 Å². The van der Waals surface area contributed by atoms with E-state index in [4.69, 9.17) is 0 Å². The summed E-state index contributed by atoms with van der Waals surface area (Å²) in [5.74, 6) is 27.7. The van der Waals surface area contributed by atoms with Crippen LogP contribution >= 0.6 is 0 Å². The standard InChI is InChI=1S/C148H290O/c1-37-73-128(70-34)94-129(71-35)95-138(96-130(78-112(38-2)39-3)79-113(40-4)41-5)104-142(103-137(92-126(66-30)67-31)93-127(68-32)69-33)108-144(107-141(101-135(88-122(58-22)59-23)89-123(60-24)61-25)102-136(90-124(62-26)63-27)91-125(64-28)65-29)110-145(111-146(72-36)147-74-76-148(149)77-75-147)109-143(105-139(97-131(80-114(42-6)43-7)81-115(44-8)45-9)98-132(82-116(46-10)47-11)83-117(48-12)49-13)106-140(99-133(84-118(50-14)51-15)85-119(52-16)53-17)100-134(86-120(54-18)55-19)87-121(56-20)57-21/h74-77,112-146,149H,37-73,78-111H2,1-36H3. The van der Waals surface area contributed by atoms with Gasteiger partial charge in [0.25, 0.3) is 0 Å². The van der Waals surface area contributed by atoms with Crippen LogP contribution in [0.2, 0.25) is 0 Å². The summed E-state index contributed by atoms with van der Waals surface area (Å²) in [5.41, 5.74) is 1.53. The second kappa shape index (κ2) is 91.6.